The lowest BCUT2D eigenvalue weighted by Gasteiger charge is -2.45. The molecule has 2 atom stereocenters. The predicted molar refractivity (Wildman–Crippen MR) is 93.0 cm³/mol. The summed E-state index contributed by atoms with van der Waals surface area (Å²) in [7, 11) is 0. The molecule has 1 heterocycles. The maximum atomic E-state index is 12.5. The molecule has 0 unspecified atom stereocenters. The average Bonchev–Trinajstić information content (AvgIpc) is 2.58. The molecule has 1 fully saturated rings. The van der Waals surface area contributed by atoms with E-state index in [2.05, 4.69) is 0 Å². The molecule has 24 heavy (non-hydrogen) atoms. The summed E-state index contributed by atoms with van der Waals surface area (Å²) in [6.45, 7) is 6.82. The van der Waals surface area contributed by atoms with Gasteiger partial charge in [-0.25, -0.2) is 0 Å². The Morgan fingerprint density at radius 1 is 1.38 bits per heavy atom. The molecule has 5 heteroatoms. The highest BCUT2D eigenvalue weighted by Gasteiger charge is 2.42. The Hall–Kier alpha value is -1.59. The molecule has 1 aromatic rings. The van der Waals surface area contributed by atoms with Crippen LogP contribution >= 0.6 is 0 Å². The summed E-state index contributed by atoms with van der Waals surface area (Å²) in [5.41, 5.74) is 1.71. The number of ether oxygens (including phenoxy) is 1. The van der Waals surface area contributed by atoms with Gasteiger partial charge in [-0.3, -0.25) is 4.79 Å². The summed E-state index contributed by atoms with van der Waals surface area (Å²) < 4.78 is 5.63. The Morgan fingerprint density at radius 2 is 2.12 bits per heavy atom. The molecular weight excluding hydrogens is 306 g/mol. The summed E-state index contributed by atoms with van der Waals surface area (Å²) in [6, 6.07) is 5.77. The first-order valence-electron chi connectivity index (χ1n) is 8.68. The summed E-state index contributed by atoms with van der Waals surface area (Å²) in [5.74, 6) is 0.583. The molecule has 1 aromatic carbocycles. The Balaban J connectivity index is 1.97. The second-order valence-corrected chi connectivity index (χ2v) is 6.92. The highest BCUT2D eigenvalue weighted by Crippen LogP contribution is 2.34. The topological polar surface area (TPSA) is 70.0 Å². The first-order valence-corrected chi connectivity index (χ1v) is 8.68. The Morgan fingerprint density at radius 3 is 2.75 bits per heavy atom. The number of likely N-dealkylation sites (tertiary alicyclic amines) is 1. The standard InChI is InChI=1S/C19H29NO4/c1-4-8-19(13-21)12-20(9-7-17(19)22)18(23)11-24-16-6-5-14(2)15(3)10-16/h5-6,10,17,21-22H,4,7-9,11-13H2,1-3H3/t17-,19+/m1/s1. The molecule has 0 aromatic heterocycles. The van der Waals surface area contributed by atoms with E-state index in [0.717, 1.165) is 12.0 Å². The first-order chi connectivity index (χ1) is 11.4. The van der Waals surface area contributed by atoms with E-state index in [4.69, 9.17) is 4.74 Å². The lowest BCUT2D eigenvalue weighted by atomic mass is 9.74. The minimum absolute atomic E-state index is 0.0216. The highest BCUT2D eigenvalue weighted by molar-refractivity contribution is 5.78. The quantitative estimate of drug-likeness (QED) is 0.835. The number of nitrogens with zero attached hydrogens (tertiary/aromatic N) is 1. The van der Waals surface area contributed by atoms with Crippen LogP contribution in [0.4, 0.5) is 0 Å². The summed E-state index contributed by atoms with van der Waals surface area (Å²) in [5, 5.41) is 20.1. The fraction of sp³-hybridized carbons (Fsp3) is 0.632. The number of hydrogen-bond acceptors (Lipinski definition) is 4. The molecule has 0 saturated carbocycles. The smallest absolute Gasteiger partial charge is 0.260 e. The first kappa shape index (κ1) is 18.7. The van der Waals surface area contributed by atoms with E-state index in [1.165, 1.54) is 5.56 Å². The van der Waals surface area contributed by atoms with Gasteiger partial charge in [0.25, 0.3) is 5.91 Å². The molecule has 2 N–H and O–H groups in total. The summed E-state index contributed by atoms with van der Waals surface area (Å²) >= 11 is 0. The number of amides is 1. The molecule has 0 spiro atoms. The van der Waals surface area contributed by atoms with E-state index >= 15 is 0 Å². The number of carbonyl (C=O) groups is 1. The van der Waals surface area contributed by atoms with Gasteiger partial charge in [0.2, 0.25) is 0 Å². The lowest BCUT2D eigenvalue weighted by molar-refractivity contribution is -0.144. The minimum atomic E-state index is -0.608. The van der Waals surface area contributed by atoms with E-state index in [9.17, 15) is 15.0 Å². The van der Waals surface area contributed by atoms with Gasteiger partial charge < -0.3 is 19.8 Å². The van der Waals surface area contributed by atoms with E-state index in [1.54, 1.807) is 4.90 Å². The van der Waals surface area contributed by atoms with Gasteiger partial charge in [-0.2, -0.15) is 0 Å². The Labute approximate surface area is 144 Å². The average molecular weight is 335 g/mol. The molecular formula is C19H29NO4. The SMILES string of the molecule is CCC[C@@]1(CO)CN(C(=O)COc2ccc(C)c(C)c2)CC[C@H]1O. The van der Waals surface area contributed by atoms with Gasteiger partial charge in [0, 0.05) is 18.5 Å². The highest BCUT2D eigenvalue weighted by atomic mass is 16.5. The van der Waals surface area contributed by atoms with Crippen LogP contribution in [0.15, 0.2) is 18.2 Å². The Kier molecular flexibility index (Phi) is 6.24. The van der Waals surface area contributed by atoms with E-state index in [1.807, 2.05) is 39.0 Å². The number of aliphatic hydroxyl groups excluding tert-OH is 2. The van der Waals surface area contributed by atoms with Crippen molar-refractivity contribution in [2.75, 3.05) is 26.3 Å². The molecule has 2 rings (SSSR count). The lowest BCUT2D eigenvalue weighted by Crippen LogP contribution is -2.56. The van der Waals surface area contributed by atoms with Crippen molar-refractivity contribution in [1.29, 1.82) is 0 Å². The van der Waals surface area contributed by atoms with Crippen molar-refractivity contribution in [3.05, 3.63) is 29.3 Å². The van der Waals surface area contributed by atoms with Gasteiger partial charge >= 0.3 is 0 Å². The van der Waals surface area contributed by atoms with Gasteiger partial charge in [0.05, 0.1) is 12.7 Å². The zero-order valence-corrected chi connectivity index (χ0v) is 14.9. The number of piperidine rings is 1. The number of aryl methyl sites for hydroxylation is 2. The second-order valence-electron chi connectivity index (χ2n) is 6.92. The zero-order chi connectivity index (χ0) is 17.7. The van der Waals surface area contributed by atoms with Crippen LogP contribution in [-0.2, 0) is 4.79 Å². The third-order valence-corrected chi connectivity index (χ3v) is 5.14. The molecule has 1 saturated heterocycles. The van der Waals surface area contributed by atoms with E-state index in [0.29, 0.717) is 31.7 Å². The number of benzene rings is 1. The zero-order valence-electron chi connectivity index (χ0n) is 14.9. The monoisotopic (exact) mass is 335 g/mol. The number of hydrogen-bond donors (Lipinski definition) is 2. The largest absolute Gasteiger partial charge is 0.484 e. The molecule has 5 nitrogen and oxygen atoms in total. The number of carbonyl (C=O) groups excluding carboxylic acids is 1. The summed E-state index contributed by atoms with van der Waals surface area (Å²) in [6.07, 6.45) is 1.49. The van der Waals surface area contributed by atoms with Crippen molar-refractivity contribution < 1.29 is 19.7 Å². The Bertz CT molecular complexity index is 574. The molecule has 1 amide bonds. The van der Waals surface area contributed by atoms with Gasteiger partial charge in [-0.1, -0.05) is 19.4 Å². The van der Waals surface area contributed by atoms with Crippen LogP contribution in [0.1, 0.15) is 37.3 Å². The predicted octanol–water partition coefficient (Wildman–Crippen LogP) is 2.05. The van der Waals surface area contributed by atoms with Crippen molar-refractivity contribution in [3.8, 4) is 5.75 Å². The van der Waals surface area contributed by atoms with Crippen LogP contribution in [0, 0.1) is 19.3 Å². The number of aliphatic hydroxyl groups is 2. The van der Waals surface area contributed by atoms with Crippen molar-refractivity contribution in [1.82, 2.24) is 4.90 Å². The molecule has 0 bridgehead atoms. The van der Waals surface area contributed by atoms with Crippen LogP contribution in [0.3, 0.4) is 0 Å². The maximum Gasteiger partial charge on any atom is 0.260 e. The fourth-order valence-electron chi connectivity index (χ4n) is 3.38. The van der Waals surface area contributed by atoms with Gasteiger partial charge in [-0.05, 0) is 49.9 Å². The molecule has 1 aliphatic rings. The van der Waals surface area contributed by atoms with Gasteiger partial charge in [-0.15, -0.1) is 0 Å². The van der Waals surface area contributed by atoms with Crippen molar-refractivity contribution in [2.45, 2.75) is 46.1 Å². The van der Waals surface area contributed by atoms with Crippen LogP contribution in [-0.4, -0.2) is 53.4 Å². The third-order valence-electron chi connectivity index (χ3n) is 5.14. The van der Waals surface area contributed by atoms with Crippen LogP contribution in [0.2, 0.25) is 0 Å². The van der Waals surface area contributed by atoms with Crippen LogP contribution < -0.4 is 4.74 Å². The van der Waals surface area contributed by atoms with Crippen molar-refractivity contribution in [3.63, 3.8) is 0 Å². The van der Waals surface area contributed by atoms with Crippen LogP contribution in [0.25, 0.3) is 0 Å². The van der Waals surface area contributed by atoms with Gasteiger partial charge in [0.15, 0.2) is 6.61 Å². The molecule has 134 valence electrons. The molecule has 1 aliphatic heterocycles. The maximum absolute atomic E-state index is 12.5. The fourth-order valence-corrected chi connectivity index (χ4v) is 3.38. The third kappa shape index (κ3) is 4.08. The van der Waals surface area contributed by atoms with E-state index in [-0.39, 0.29) is 19.1 Å². The van der Waals surface area contributed by atoms with Crippen molar-refractivity contribution in [2.24, 2.45) is 5.41 Å². The molecule has 0 radical (unpaired) electrons. The summed E-state index contributed by atoms with van der Waals surface area (Å²) in [4.78, 5) is 14.2. The minimum Gasteiger partial charge on any atom is -0.484 e. The van der Waals surface area contributed by atoms with Crippen molar-refractivity contribution >= 4 is 5.91 Å². The van der Waals surface area contributed by atoms with E-state index < -0.39 is 11.5 Å². The van der Waals surface area contributed by atoms with Crippen LogP contribution in [0.5, 0.6) is 5.75 Å². The van der Waals surface area contributed by atoms with Gasteiger partial charge in [0.1, 0.15) is 5.75 Å². The normalized spacial score (nSPS) is 24.0. The number of rotatable bonds is 6. The second kappa shape index (κ2) is 7.99. The molecule has 0 aliphatic carbocycles.